The number of ether oxygens (including phenoxy) is 3. The summed E-state index contributed by atoms with van der Waals surface area (Å²) in [5, 5.41) is 6.59. The molecule has 1 aromatic carbocycles. The molecule has 288 valence electrons. The van der Waals surface area contributed by atoms with E-state index in [9.17, 15) is 27.6 Å². The van der Waals surface area contributed by atoms with Gasteiger partial charge in [0.15, 0.2) is 0 Å². The lowest BCUT2D eigenvalue weighted by molar-refractivity contribution is -0.142. The van der Waals surface area contributed by atoms with Gasteiger partial charge in [-0.1, -0.05) is 26.0 Å². The molecule has 1 aromatic heterocycles. The first kappa shape index (κ1) is 38.3. The fraction of sp³-hybridized carbons (Fsp3) is 0.605. The first-order chi connectivity index (χ1) is 25.0. The van der Waals surface area contributed by atoms with Gasteiger partial charge in [-0.15, -0.1) is 0 Å². The molecule has 14 nitrogen and oxygen atoms in total. The first-order valence-electron chi connectivity index (χ1n) is 18.4. The van der Waals surface area contributed by atoms with Gasteiger partial charge in [0.1, 0.15) is 35.1 Å². The third-order valence-corrected chi connectivity index (χ3v) is 12.3. The third-order valence-electron chi connectivity index (χ3n) is 10.5. The minimum Gasteiger partial charge on any atom is -0.497 e. The molecule has 7 unspecified atom stereocenters. The van der Waals surface area contributed by atoms with Gasteiger partial charge in [-0.3, -0.25) is 19.1 Å². The van der Waals surface area contributed by atoms with E-state index in [-0.39, 0.29) is 31.2 Å². The van der Waals surface area contributed by atoms with E-state index >= 15 is 0 Å². The summed E-state index contributed by atoms with van der Waals surface area (Å²) in [7, 11) is -2.32. The summed E-state index contributed by atoms with van der Waals surface area (Å²) in [5.41, 5.74) is -2.32. The highest BCUT2D eigenvalue weighted by molar-refractivity contribution is 7.91. The number of aromatic nitrogens is 1. The van der Waals surface area contributed by atoms with Crippen molar-refractivity contribution in [1.82, 2.24) is 25.2 Å². The number of methoxy groups -OCH3 is 1. The lowest BCUT2D eigenvalue weighted by Crippen LogP contribution is -2.59. The van der Waals surface area contributed by atoms with Crippen LogP contribution in [0.3, 0.4) is 0 Å². The minimum atomic E-state index is -3.89. The average molecular weight is 754 g/mol. The molecule has 2 aliphatic heterocycles. The number of hydrogen-bond acceptors (Lipinski definition) is 10. The van der Waals surface area contributed by atoms with Crippen LogP contribution >= 0.6 is 0 Å². The van der Waals surface area contributed by atoms with Crippen molar-refractivity contribution in [2.45, 2.75) is 114 Å². The Morgan fingerprint density at radius 1 is 1.08 bits per heavy atom. The van der Waals surface area contributed by atoms with Gasteiger partial charge in [0.2, 0.25) is 27.7 Å². The van der Waals surface area contributed by atoms with Crippen LogP contribution in [0.15, 0.2) is 42.6 Å². The van der Waals surface area contributed by atoms with E-state index in [1.165, 1.54) is 4.90 Å². The van der Waals surface area contributed by atoms with Gasteiger partial charge in [-0.05, 0) is 101 Å². The summed E-state index contributed by atoms with van der Waals surface area (Å²) in [5.74, 6) is -1.55. The van der Waals surface area contributed by atoms with E-state index in [1.807, 2.05) is 37.3 Å². The Kier molecular flexibility index (Phi) is 10.7. The van der Waals surface area contributed by atoms with E-state index in [0.717, 1.165) is 11.8 Å². The molecule has 3 fully saturated rings. The normalized spacial score (nSPS) is 29.5. The lowest BCUT2D eigenvalue weighted by atomic mass is 9.88. The fourth-order valence-electron chi connectivity index (χ4n) is 7.44. The molecule has 2 aliphatic carbocycles. The predicted molar refractivity (Wildman–Crippen MR) is 196 cm³/mol. The highest BCUT2D eigenvalue weighted by Crippen LogP contribution is 2.46. The van der Waals surface area contributed by atoms with Crippen molar-refractivity contribution >= 4 is 44.6 Å². The summed E-state index contributed by atoms with van der Waals surface area (Å²) in [6.07, 6.45) is 7.24. The molecule has 3 heterocycles. The van der Waals surface area contributed by atoms with Crippen LogP contribution < -0.4 is 24.8 Å². The zero-order chi connectivity index (χ0) is 38.3. The predicted octanol–water partition coefficient (Wildman–Crippen LogP) is 3.98. The molecule has 0 spiro atoms. The van der Waals surface area contributed by atoms with E-state index in [0.29, 0.717) is 42.7 Å². The molecule has 6 rings (SSSR count). The first-order valence-corrected chi connectivity index (χ1v) is 20.0. The van der Waals surface area contributed by atoms with Crippen LogP contribution in [0.2, 0.25) is 0 Å². The smallest absolute Gasteiger partial charge is 0.408 e. The number of pyridine rings is 1. The summed E-state index contributed by atoms with van der Waals surface area (Å²) >= 11 is 0. The number of sulfonamides is 1. The van der Waals surface area contributed by atoms with Gasteiger partial charge in [0.05, 0.1) is 18.9 Å². The van der Waals surface area contributed by atoms with Gasteiger partial charge in [0.25, 0.3) is 5.91 Å². The van der Waals surface area contributed by atoms with E-state index in [2.05, 4.69) is 27.3 Å². The molecular weight excluding hydrogens is 703 g/mol. The second kappa shape index (κ2) is 14.8. The maximum Gasteiger partial charge on any atom is 0.408 e. The average Bonchev–Trinajstić information content (AvgIpc) is 4.01. The number of hydrogen-bond donors (Lipinski definition) is 3. The molecule has 2 saturated carbocycles. The third kappa shape index (κ3) is 8.71. The standard InChI is InChI=1S/C38H51N5O9S/c1-22-9-7-8-10-25-20-38(25,35(46)42-53(48,49)28-12-13-28)41-32(44)30-19-27(51-33-29-14-11-26(50-6)18-24(29)15-16-39-33)21-43(30)34(45)31(23(2)17-22)40-36(47)52-37(3,4)5/h8,10-11,14-16,18,22-23,25,27-28,30-31H,7,9,12-13,17,19-21H2,1-6H3,(H,40,47)(H,41,44)(H,42,46). The van der Waals surface area contributed by atoms with E-state index in [4.69, 9.17) is 14.2 Å². The molecule has 3 N–H and O–H groups in total. The Labute approximate surface area is 310 Å². The van der Waals surface area contributed by atoms with E-state index in [1.54, 1.807) is 40.1 Å². The molecule has 1 saturated heterocycles. The molecule has 15 heteroatoms. The molecular formula is C38H51N5O9S. The van der Waals surface area contributed by atoms with Crippen molar-refractivity contribution < 1.29 is 41.8 Å². The number of nitrogens with zero attached hydrogens (tertiary/aromatic N) is 2. The number of allylic oxidation sites excluding steroid dienone is 1. The van der Waals surface area contributed by atoms with Gasteiger partial charge < -0.3 is 29.7 Å². The molecule has 0 radical (unpaired) electrons. The van der Waals surface area contributed by atoms with Crippen molar-refractivity contribution in [3.8, 4) is 11.6 Å². The second-order valence-corrected chi connectivity index (χ2v) is 18.0. The largest absolute Gasteiger partial charge is 0.497 e. The second-order valence-electron chi connectivity index (χ2n) is 16.1. The summed E-state index contributed by atoms with van der Waals surface area (Å²) in [6, 6.07) is 5.13. The summed E-state index contributed by atoms with van der Waals surface area (Å²) in [4.78, 5) is 61.9. The van der Waals surface area contributed by atoms with Crippen molar-refractivity contribution in [2.75, 3.05) is 13.7 Å². The van der Waals surface area contributed by atoms with Crippen LogP contribution in [0.1, 0.15) is 79.6 Å². The highest BCUT2D eigenvalue weighted by atomic mass is 32.2. The number of fused-ring (bicyclic) bond motifs is 3. The Bertz CT molecular complexity index is 1890. The number of alkyl carbamates (subject to hydrolysis) is 1. The van der Waals surface area contributed by atoms with Gasteiger partial charge in [-0.25, -0.2) is 18.2 Å². The van der Waals surface area contributed by atoms with Crippen LogP contribution in [0, 0.1) is 17.8 Å². The van der Waals surface area contributed by atoms with Crippen LogP contribution in [0.5, 0.6) is 11.6 Å². The topological polar surface area (TPSA) is 182 Å². The Balaban J connectivity index is 1.34. The number of carbonyl (C=O) groups excluding carboxylic acids is 4. The number of nitrogens with one attached hydrogen (secondary N) is 3. The molecule has 4 amide bonds. The van der Waals surface area contributed by atoms with Crippen molar-refractivity contribution in [3.05, 3.63) is 42.6 Å². The molecule has 0 bridgehead atoms. The van der Waals surface area contributed by atoms with Crippen LogP contribution in [-0.2, 0) is 29.1 Å². The zero-order valence-corrected chi connectivity index (χ0v) is 32.0. The lowest BCUT2D eigenvalue weighted by Gasteiger charge is -2.33. The number of rotatable bonds is 7. The zero-order valence-electron chi connectivity index (χ0n) is 31.2. The highest BCUT2D eigenvalue weighted by Gasteiger charge is 2.62. The number of benzene rings is 1. The van der Waals surface area contributed by atoms with Crippen LogP contribution in [0.4, 0.5) is 4.79 Å². The molecule has 2 aromatic rings. The fourth-order valence-corrected chi connectivity index (χ4v) is 8.80. The van der Waals surface area contributed by atoms with Crippen molar-refractivity contribution in [1.29, 1.82) is 0 Å². The van der Waals surface area contributed by atoms with Crippen LogP contribution in [0.25, 0.3) is 10.8 Å². The van der Waals surface area contributed by atoms with Crippen molar-refractivity contribution in [3.63, 3.8) is 0 Å². The minimum absolute atomic E-state index is 0.0154. The number of carbonyl (C=O) groups is 4. The molecule has 53 heavy (non-hydrogen) atoms. The summed E-state index contributed by atoms with van der Waals surface area (Å²) in [6.45, 7) is 9.16. The quantitative estimate of drug-likeness (QED) is 0.350. The van der Waals surface area contributed by atoms with Gasteiger partial charge in [-0.2, -0.15) is 0 Å². The Morgan fingerprint density at radius 3 is 2.53 bits per heavy atom. The molecule has 7 atom stereocenters. The summed E-state index contributed by atoms with van der Waals surface area (Å²) < 4.78 is 45.3. The monoisotopic (exact) mass is 753 g/mol. The van der Waals surface area contributed by atoms with Gasteiger partial charge in [0, 0.05) is 23.9 Å². The Hall–Kier alpha value is -4.40. The Morgan fingerprint density at radius 2 is 1.83 bits per heavy atom. The van der Waals surface area contributed by atoms with Crippen molar-refractivity contribution in [2.24, 2.45) is 17.8 Å². The number of amides is 4. The maximum atomic E-state index is 14.7. The van der Waals surface area contributed by atoms with Gasteiger partial charge >= 0.3 is 6.09 Å². The molecule has 4 aliphatic rings. The van der Waals surface area contributed by atoms with Crippen LogP contribution in [-0.4, -0.2) is 90.3 Å². The van der Waals surface area contributed by atoms with E-state index < -0.39 is 74.3 Å². The maximum absolute atomic E-state index is 14.7. The SMILES string of the molecule is COc1ccc2c(OC3CC4C(=O)NC5(C(=O)NS(=O)(=O)C6CC6)CC5C=CCCC(C)CC(C)C(NC(=O)OC(C)(C)C)C(=O)N4C3)nccc2c1.